The van der Waals surface area contributed by atoms with Crippen LogP contribution in [0, 0.1) is 5.82 Å². The van der Waals surface area contributed by atoms with E-state index in [2.05, 4.69) is 10.6 Å². The van der Waals surface area contributed by atoms with Crippen molar-refractivity contribution in [3.63, 3.8) is 0 Å². The molecule has 2 N–H and O–H groups in total. The second-order valence-electron chi connectivity index (χ2n) is 6.14. The van der Waals surface area contributed by atoms with Gasteiger partial charge in [0.15, 0.2) is 0 Å². The fourth-order valence-electron chi connectivity index (χ4n) is 2.45. The molecule has 0 radical (unpaired) electrons. The first-order valence-corrected chi connectivity index (χ1v) is 8.62. The maximum Gasteiger partial charge on any atom is 0.255 e. The van der Waals surface area contributed by atoms with E-state index in [9.17, 15) is 14.0 Å². The predicted molar refractivity (Wildman–Crippen MR) is 101 cm³/mol. The van der Waals surface area contributed by atoms with Crippen LogP contribution in [-0.2, 0) is 11.4 Å². The topological polar surface area (TPSA) is 80.6 Å². The molecule has 0 aliphatic carbocycles. The largest absolute Gasteiger partial charge is 0.489 e. The lowest BCUT2D eigenvalue weighted by molar-refractivity contribution is -0.117. The number of nitrogens with one attached hydrogen (secondary N) is 2. The summed E-state index contributed by atoms with van der Waals surface area (Å²) in [4.78, 5) is 24.3. The summed E-state index contributed by atoms with van der Waals surface area (Å²) in [5.74, 6) is -0.705. The fraction of sp³-hybridized carbons (Fsp3) is 0.143. The summed E-state index contributed by atoms with van der Waals surface area (Å²) in [5.41, 5.74) is 1.71. The van der Waals surface area contributed by atoms with Crippen LogP contribution in [0.1, 0.15) is 22.8 Å². The van der Waals surface area contributed by atoms with Gasteiger partial charge in [0, 0.05) is 11.8 Å². The molecular weight excluding hydrogens is 363 g/mol. The van der Waals surface area contributed by atoms with E-state index < -0.39 is 11.9 Å². The zero-order chi connectivity index (χ0) is 19.9. The number of furan rings is 1. The van der Waals surface area contributed by atoms with Gasteiger partial charge in [0.05, 0.1) is 11.8 Å². The summed E-state index contributed by atoms with van der Waals surface area (Å²) in [5, 5.41) is 5.35. The SMILES string of the molecule is C[C@H](NC(=O)c1ccoc1)C(=O)Nc1cccc(COc2cccc(F)c2)c1. The Bertz CT molecular complexity index is 957. The monoisotopic (exact) mass is 382 g/mol. The maximum absolute atomic E-state index is 13.2. The molecule has 0 aliphatic heterocycles. The maximum atomic E-state index is 13.2. The molecule has 6 nitrogen and oxygen atoms in total. The molecule has 0 saturated heterocycles. The molecule has 144 valence electrons. The summed E-state index contributed by atoms with van der Waals surface area (Å²) in [6.07, 6.45) is 2.69. The number of hydrogen-bond donors (Lipinski definition) is 2. The van der Waals surface area contributed by atoms with E-state index in [1.807, 2.05) is 6.07 Å². The molecule has 0 fully saturated rings. The number of amides is 2. The second-order valence-corrected chi connectivity index (χ2v) is 6.14. The molecule has 1 aromatic heterocycles. The van der Waals surface area contributed by atoms with Crippen molar-refractivity contribution in [2.75, 3.05) is 5.32 Å². The average Bonchev–Trinajstić information content (AvgIpc) is 3.22. The van der Waals surface area contributed by atoms with E-state index in [1.165, 1.54) is 30.7 Å². The third-order valence-electron chi connectivity index (χ3n) is 3.92. The van der Waals surface area contributed by atoms with Gasteiger partial charge < -0.3 is 19.8 Å². The zero-order valence-corrected chi connectivity index (χ0v) is 15.1. The van der Waals surface area contributed by atoms with Gasteiger partial charge in [-0.15, -0.1) is 0 Å². The summed E-state index contributed by atoms with van der Waals surface area (Å²) in [7, 11) is 0. The highest BCUT2D eigenvalue weighted by Crippen LogP contribution is 2.16. The summed E-state index contributed by atoms with van der Waals surface area (Å²) < 4.78 is 23.6. The molecular formula is C21H19FN2O4. The van der Waals surface area contributed by atoms with Crippen LogP contribution < -0.4 is 15.4 Å². The molecule has 0 saturated carbocycles. The van der Waals surface area contributed by atoms with E-state index in [0.717, 1.165) is 5.56 Å². The molecule has 0 spiro atoms. The first kappa shape index (κ1) is 19.2. The van der Waals surface area contributed by atoms with E-state index >= 15 is 0 Å². The van der Waals surface area contributed by atoms with Crippen LogP contribution in [0.4, 0.5) is 10.1 Å². The Morgan fingerprint density at radius 2 is 1.96 bits per heavy atom. The van der Waals surface area contributed by atoms with Crippen LogP contribution in [0.3, 0.4) is 0 Å². The average molecular weight is 382 g/mol. The minimum atomic E-state index is -0.741. The number of rotatable bonds is 7. The van der Waals surface area contributed by atoms with E-state index in [-0.39, 0.29) is 18.3 Å². The molecule has 0 bridgehead atoms. The van der Waals surface area contributed by atoms with Gasteiger partial charge in [-0.05, 0) is 42.8 Å². The van der Waals surface area contributed by atoms with Crippen LogP contribution in [0.25, 0.3) is 0 Å². The highest BCUT2D eigenvalue weighted by Gasteiger charge is 2.17. The number of carbonyl (C=O) groups is 2. The summed E-state index contributed by atoms with van der Waals surface area (Å²) >= 11 is 0. The number of carbonyl (C=O) groups excluding carboxylic acids is 2. The van der Waals surface area contributed by atoms with E-state index in [0.29, 0.717) is 17.0 Å². The molecule has 2 aromatic carbocycles. The van der Waals surface area contributed by atoms with Crippen molar-refractivity contribution in [3.05, 3.63) is 84.1 Å². The third kappa shape index (κ3) is 5.20. The van der Waals surface area contributed by atoms with Crippen LogP contribution in [0.5, 0.6) is 5.75 Å². The van der Waals surface area contributed by atoms with E-state index in [1.54, 1.807) is 37.3 Å². The number of hydrogen-bond acceptors (Lipinski definition) is 4. The minimum Gasteiger partial charge on any atom is -0.489 e. The number of anilines is 1. The molecule has 7 heteroatoms. The molecule has 3 rings (SSSR count). The molecule has 1 atom stereocenters. The number of halogens is 1. The van der Waals surface area contributed by atoms with Gasteiger partial charge in [0.2, 0.25) is 5.91 Å². The Labute approximate surface area is 161 Å². The van der Waals surface area contributed by atoms with Gasteiger partial charge in [-0.3, -0.25) is 9.59 Å². The molecule has 1 heterocycles. The van der Waals surface area contributed by atoms with Crippen molar-refractivity contribution in [1.82, 2.24) is 5.32 Å². The molecule has 0 unspecified atom stereocenters. The Hall–Kier alpha value is -3.61. The predicted octanol–water partition coefficient (Wildman–Crippen LogP) is 3.75. The van der Waals surface area contributed by atoms with Crippen molar-refractivity contribution in [3.8, 4) is 5.75 Å². The summed E-state index contributed by atoms with van der Waals surface area (Å²) in [6, 6.07) is 13.7. The first-order chi connectivity index (χ1) is 13.5. The smallest absolute Gasteiger partial charge is 0.255 e. The van der Waals surface area contributed by atoms with Crippen molar-refractivity contribution in [2.45, 2.75) is 19.6 Å². The molecule has 3 aromatic rings. The van der Waals surface area contributed by atoms with Crippen molar-refractivity contribution < 1.29 is 23.1 Å². The van der Waals surface area contributed by atoms with Gasteiger partial charge in [-0.1, -0.05) is 18.2 Å². The Balaban J connectivity index is 1.55. The Morgan fingerprint density at radius 3 is 2.71 bits per heavy atom. The first-order valence-electron chi connectivity index (χ1n) is 8.62. The zero-order valence-electron chi connectivity index (χ0n) is 15.1. The standard InChI is InChI=1S/C21H19FN2O4/c1-14(23-21(26)16-8-9-27-13-16)20(25)24-18-6-2-4-15(10-18)12-28-19-7-3-5-17(22)11-19/h2-11,13-14H,12H2,1H3,(H,23,26)(H,24,25)/t14-/m0/s1. The molecule has 0 aliphatic rings. The number of ether oxygens (including phenoxy) is 1. The highest BCUT2D eigenvalue weighted by molar-refractivity contribution is 6.00. The lowest BCUT2D eigenvalue weighted by Gasteiger charge is -2.14. The van der Waals surface area contributed by atoms with Crippen LogP contribution >= 0.6 is 0 Å². The van der Waals surface area contributed by atoms with Gasteiger partial charge in [-0.25, -0.2) is 4.39 Å². The Kier molecular flexibility index (Phi) is 6.06. The second kappa shape index (κ2) is 8.85. The quantitative estimate of drug-likeness (QED) is 0.652. The van der Waals surface area contributed by atoms with Gasteiger partial charge >= 0.3 is 0 Å². The van der Waals surface area contributed by atoms with Crippen LogP contribution in [0.15, 0.2) is 71.5 Å². The normalized spacial score (nSPS) is 11.5. The third-order valence-corrected chi connectivity index (χ3v) is 3.92. The lowest BCUT2D eigenvalue weighted by atomic mass is 10.2. The van der Waals surface area contributed by atoms with Crippen LogP contribution in [-0.4, -0.2) is 17.9 Å². The van der Waals surface area contributed by atoms with Gasteiger partial charge in [-0.2, -0.15) is 0 Å². The van der Waals surface area contributed by atoms with Crippen molar-refractivity contribution in [1.29, 1.82) is 0 Å². The number of benzene rings is 2. The minimum absolute atomic E-state index is 0.222. The van der Waals surface area contributed by atoms with Crippen molar-refractivity contribution >= 4 is 17.5 Å². The lowest BCUT2D eigenvalue weighted by Crippen LogP contribution is -2.41. The van der Waals surface area contributed by atoms with Gasteiger partial charge in [0.25, 0.3) is 5.91 Å². The highest BCUT2D eigenvalue weighted by atomic mass is 19.1. The molecule has 2 amide bonds. The molecule has 28 heavy (non-hydrogen) atoms. The van der Waals surface area contributed by atoms with E-state index in [4.69, 9.17) is 9.15 Å². The van der Waals surface area contributed by atoms with Gasteiger partial charge in [0.1, 0.15) is 30.5 Å². The fourth-order valence-corrected chi connectivity index (χ4v) is 2.45. The Morgan fingerprint density at radius 1 is 1.14 bits per heavy atom. The van der Waals surface area contributed by atoms with Crippen LogP contribution in [0.2, 0.25) is 0 Å². The summed E-state index contributed by atoms with van der Waals surface area (Å²) in [6.45, 7) is 1.81. The van der Waals surface area contributed by atoms with Crippen molar-refractivity contribution in [2.24, 2.45) is 0 Å².